The molecule has 0 heterocycles. The third kappa shape index (κ3) is 32.4. The molecule has 0 saturated heterocycles. The quantitative estimate of drug-likeness (QED) is 0.0606. The van der Waals surface area contributed by atoms with E-state index in [2.05, 4.69) is 20.8 Å². The van der Waals surface area contributed by atoms with Gasteiger partial charge in [0.05, 0.1) is 12.7 Å². The molecule has 330 valence electrons. The minimum absolute atomic E-state index is 0.273. The lowest BCUT2D eigenvalue weighted by molar-refractivity contribution is 0.0297. The Hall–Kier alpha value is -0.120. The van der Waals surface area contributed by atoms with Crippen LogP contribution in [0, 0.1) is 23.7 Å². The van der Waals surface area contributed by atoms with Gasteiger partial charge >= 0.3 is 0 Å². The third-order valence-electron chi connectivity index (χ3n) is 13.7. The fourth-order valence-electron chi connectivity index (χ4n) is 10.2. The van der Waals surface area contributed by atoms with Gasteiger partial charge in [0.2, 0.25) is 0 Å². The molecule has 1 saturated carbocycles. The molecule has 5 unspecified atom stereocenters. The van der Waals surface area contributed by atoms with Gasteiger partial charge in [0.1, 0.15) is 0 Å². The first kappa shape index (κ1) is 52.9. The van der Waals surface area contributed by atoms with Crippen molar-refractivity contribution in [3.63, 3.8) is 0 Å². The van der Waals surface area contributed by atoms with E-state index >= 15 is 0 Å². The molecule has 0 radical (unpaired) electrons. The highest BCUT2D eigenvalue weighted by Gasteiger charge is 2.37. The van der Waals surface area contributed by atoms with E-state index in [1.807, 2.05) is 0 Å². The second kappa shape index (κ2) is 42.0. The molecule has 2 N–H and O–H groups in total. The summed E-state index contributed by atoms with van der Waals surface area (Å²) in [4.78, 5) is 0. The average Bonchev–Trinajstić information content (AvgIpc) is 3.19. The van der Waals surface area contributed by atoms with E-state index in [0.29, 0.717) is 13.2 Å². The Morgan fingerprint density at radius 1 is 0.400 bits per heavy atom. The van der Waals surface area contributed by atoms with E-state index in [4.69, 9.17) is 4.74 Å². The summed E-state index contributed by atoms with van der Waals surface area (Å²) in [5, 5.41) is 19.6. The summed E-state index contributed by atoms with van der Waals surface area (Å²) < 4.78 is 5.87. The van der Waals surface area contributed by atoms with Crippen molar-refractivity contribution in [2.45, 2.75) is 290 Å². The minimum atomic E-state index is -0.273. The molecule has 3 heteroatoms. The monoisotopic (exact) mass is 777 g/mol. The van der Waals surface area contributed by atoms with E-state index in [0.717, 1.165) is 56.0 Å². The molecule has 1 aliphatic carbocycles. The second-order valence-corrected chi connectivity index (χ2v) is 18.8. The van der Waals surface area contributed by atoms with Crippen LogP contribution in [-0.4, -0.2) is 36.1 Å². The molecule has 0 aromatic heterocycles. The lowest BCUT2D eigenvalue weighted by Gasteiger charge is -2.44. The molecule has 0 amide bonds. The molecule has 0 spiro atoms. The first-order valence-electron chi connectivity index (χ1n) is 26.0. The third-order valence-corrected chi connectivity index (χ3v) is 13.7. The minimum Gasteiger partial charge on any atom is -0.396 e. The van der Waals surface area contributed by atoms with Gasteiger partial charge in [-0.25, -0.2) is 0 Å². The zero-order valence-electron chi connectivity index (χ0n) is 38.3. The lowest BCUT2D eigenvalue weighted by Crippen LogP contribution is -2.35. The zero-order valence-corrected chi connectivity index (χ0v) is 38.3. The summed E-state index contributed by atoms with van der Waals surface area (Å²) in [6, 6.07) is 0. The van der Waals surface area contributed by atoms with Gasteiger partial charge in [-0.2, -0.15) is 0 Å². The molecule has 55 heavy (non-hydrogen) atoms. The van der Waals surface area contributed by atoms with Crippen LogP contribution >= 0.6 is 0 Å². The maximum atomic E-state index is 10.4. The van der Waals surface area contributed by atoms with Crippen LogP contribution in [0.5, 0.6) is 0 Å². The largest absolute Gasteiger partial charge is 0.396 e. The summed E-state index contributed by atoms with van der Waals surface area (Å²) in [7, 11) is 0. The number of ether oxygens (including phenoxy) is 1. The van der Waals surface area contributed by atoms with Crippen LogP contribution in [0.4, 0.5) is 0 Å². The Morgan fingerprint density at radius 3 is 1.13 bits per heavy atom. The number of rotatable bonds is 44. The van der Waals surface area contributed by atoms with E-state index in [9.17, 15) is 10.2 Å². The van der Waals surface area contributed by atoms with Crippen molar-refractivity contribution in [3.8, 4) is 0 Å². The summed E-state index contributed by atoms with van der Waals surface area (Å²) in [5.41, 5.74) is 0. The maximum Gasteiger partial charge on any atom is 0.0773 e. The predicted octanol–water partition coefficient (Wildman–Crippen LogP) is 16.9. The predicted molar refractivity (Wildman–Crippen MR) is 244 cm³/mol. The topological polar surface area (TPSA) is 49.7 Å². The Labute approximate surface area is 347 Å². The van der Waals surface area contributed by atoms with Gasteiger partial charge in [-0.1, -0.05) is 239 Å². The normalized spacial score (nSPS) is 19.4. The Bertz CT molecular complexity index is 726. The average molecular weight is 777 g/mol. The molecule has 1 fully saturated rings. The van der Waals surface area contributed by atoms with Gasteiger partial charge in [-0.05, 0) is 68.6 Å². The van der Waals surface area contributed by atoms with Crippen molar-refractivity contribution >= 4 is 0 Å². The Kier molecular flexibility index (Phi) is 40.4. The molecule has 0 aliphatic heterocycles. The fourth-order valence-corrected chi connectivity index (χ4v) is 10.2. The number of hydrogen-bond acceptors (Lipinski definition) is 3. The summed E-state index contributed by atoms with van der Waals surface area (Å²) >= 11 is 0. The molecule has 0 aromatic carbocycles. The van der Waals surface area contributed by atoms with Gasteiger partial charge in [-0.3, -0.25) is 0 Å². The van der Waals surface area contributed by atoms with E-state index in [-0.39, 0.29) is 6.10 Å². The Morgan fingerprint density at radius 2 is 0.727 bits per heavy atom. The van der Waals surface area contributed by atoms with Crippen molar-refractivity contribution in [2.75, 3.05) is 19.8 Å². The van der Waals surface area contributed by atoms with E-state index in [1.165, 1.54) is 238 Å². The second-order valence-electron chi connectivity index (χ2n) is 18.8. The van der Waals surface area contributed by atoms with Crippen molar-refractivity contribution in [1.29, 1.82) is 0 Å². The van der Waals surface area contributed by atoms with Gasteiger partial charge in [0, 0.05) is 13.2 Å². The molecular formula is C52H104O3. The van der Waals surface area contributed by atoms with E-state index < -0.39 is 0 Å². The highest BCUT2D eigenvalue weighted by Crippen LogP contribution is 2.48. The molecule has 0 bridgehead atoms. The molecule has 5 atom stereocenters. The molecule has 0 aromatic rings. The number of unbranched alkanes of at least 4 members (excludes halogenated alkanes) is 29. The van der Waals surface area contributed by atoms with Crippen molar-refractivity contribution in [2.24, 2.45) is 23.7 Å². The van der Waals surface area contributed by atoms with Gasteiger partial charge in [0.25, 0.3) is 0 Å². The van der Waals surface area contributed by atoms with Crippen molar-refractivity contribution in [1.82, 2.24) is 0 Å². The highest BCUT2D eigenvalue weighted by molar-refractivity contribution is 4.88. The van der Waals surface area contributed by atoms with Crippen molar-refractivity contribution in [3.05, 3.63) is 0 Å². The highest BCUT2D eigenvalue weighted by atomic mass is 16.5. The van der Waals surface area contributed by atoms with Crippen molar-refractivity contribution < 1.29 is 14.9 Å². The Balaban J connectivity index is 2.30. The fraction of sp³-hybridized carbons (Fsp3) is 1.00. The SMILES string of the molecule is CCCCCCCCCCCCCCC(O)COCCCCCCCCCC1C(CCCCCCCO)CCC(CCCCCCC)C1CCCCCCC. The van der Waals surface area contributed by atoms with E-state index in [1.54, 1.807) is 0 Å². The maximum absolute atomic E-state index is 10.4. The van der Waals surface area contributed by atoms with Gasteiger partial charge in [0.15, 0.2) is 0 Å². The van der Waals surface area contributed by atoms with Crippen LogP contribution in [0.2, 0.25) is 0 Å². The van der Waals surface area contributed by atoms with Gasteiger partial charge < -0.3 is 14.9 Å². The van der Waals surface area contributed by atoms with Gasteiger partial charge in [-0.15, -0.1) is 0 Å². The molecule has 1 rings (SSSR count). The van der Waals surface area contributed by atoms with Crippen LogP contribution in [0.15, 0.2) is 0 Å². The molecular weight excluding hydrogens is 673 g/mol. The van der Waals surface area contributed by atoms with Crippen LogP contribution in [0.3, 0.4) is 0 Å². The first-order chi connectivity index (χ1) is 27.2. The number of aliphatic hydroxyl groups is 2. The number of hydrogen-bond donors (Lipinski definition) is 2. The summed E-state index contributed by atoms with van der Waals surface area (Å²) in [6.07, 6.45) is 56.1. The lowest BCUT2D eigenvalue weighted by atomic mass is 9.61. The van der Waals surface area contributed by atoms with Crippen LogP contribution in [-0.2, 0) is 4.74 Å². The summed E-state index contributed by atoms with van der Waals surface area (Å²) in [6.45, 7) is 8.70. The standard InChI is InChI=1S/C52H104O3/c1-4-7-10-13-14-15-16-17-18-20-27-33-40-50(54)47-55-46-37-30-22-19-21-28-35-42-52-49(39-32-26-23-29-36-45-53)44-43-48(38-31-24-11-8-5-2)51(52)41-34-25-12-9-6-3/h48-54H,4-47H2,1-3H3. The summed E-state index contributed by atoms with van der Waals surface area (Å²) in [5.74, 6) is 3.93. The molecule has 1 aliphatic rings. The van der Waals surface area contributed by atoms with Crippen LogP contribution in [0.25, 0.3) is 0 Å². The number of aliphatic hydroxyl groups excluding tert-OH is 2. The van der Waals surface area contributed by atoms with Crippen LogP contribution < -0.4 is 0 Å². The first-order valence-corrected chi connectivity index (χ1v) is 26.0. The van der Waals surface area contributed by atoms with Crippen LogP contribution in [0.1, 0.15) is 284 Å². The smallest absolute Gasteiger partial charge is 0.0773 e. The molecule has 3 nitrogen and oxygen atoms in total. The zero-order chi connectivity index (χ0) is 39.7.